The van der Waals surface area contributed by atoms with Crippen LogP contribution >= 0.6 is 0 Å². The van der Waals surface area contributed by atoms with E-state index >= 15 is 0 Å². The summed E-state index contributed by atoms with van der Waals surface area (Å²) in [5, 5.41) is 12.2. The van der Waals surface area contributed by atoms with E-state index in [0.29, 0.717) is 0 Å². The average Bonchev–Trinajstić information content (AvgIpc) is 2.71. The van der Waals surface area contributed by atoms with Crippen molar-refractivity contribution in [3.8, 4) is 5.75 Å². The summed E-state index contributed by atoms with van der Waals surface area (Å²) in [5.74, 6) is 0.798. The first-order valence-electron chi connectivity index (χ1n) is 6.33. The molecule has 0 radical (unpaired) electrons. The van der Waals surface area contributed by atoms with E-state index in [0.717, 1.165) is 24.0 Å². The lowest BCUT2D eigenvalue weighted by Gasteiger charge is -2.19. The van der Waals surface area contributed by atoms with Crippen molar-refractivity contribution in [2.24, 2.45) is 5.73 Å². The van der Waals surface area contributed by atoms with E-state index in [2.05, 4.69) is 12.1 Å². The van der Waals surface area contributed by atoms with Gasteiger partial charge in [0, 0.05) is 6.04 Å². The van der Waals surface area contributed by atoms with Crippen LogP contribution in [0, 0.1) is 0 Å². The highest BCUT2D eigenvalue weighted by Gasteiger charge is 2.33. The molecule has 94 valence electrons. The molecule has 2 aromatic carbocycles. The number of fused-ring (bicyclic) bond motifs is 1. The molecule has 1 saturated carbocycles. The zero-order valence-electron chi connectivity index (χ0n) is 10.1. The number of ether oxygens (including phenoxy) is 1. The number of aliphatic hydroxyl groups is 1. The van der Waals surface area contributed by atoms with Gasteiger partial charge < -0.3 is 15.6 Å². The predicted molar refractivity (Wildman–Crippen MR) is 71.6 cm³/mol. The lowest BCUT2D eigenvalue weighted by atomic mass is 10.1. The van der Waals surface area contributed by atoms with Crippen molar-refractivity contribution in [3.05, 3.63) is 42.5 Å². The van der Waals surface area contributed by atoms with Crippen LogP contribution in [0.4, 0.5) is 0 Å². The zero-order chi connectivity index (χ0) is 12.5. The largest absolute Gasteiger partial charge is 0.488 e. The maximum atomic E-state index is 9.88. The van der Waals surface area contributed by atoms with E-state index in [1.54, 1.807) is 0 Å². The second-order valence-electron chi connectivity index (χ2n) is 4.90. The van der Waals surface area contributed by atoms with Crippen LogP contribution in [0.25, 0.3) is 10.8 Å². The van der Waals surface area contributed by atoms with Crippen molar-refractivity contribution >= 4 is 10.8 Å². The van der Waals surface area contributed by atoms with Gasteiger partial charge >= 0.3 is 0 Å². The van der Waals surface area contributed by atoms with Crippen LogP contribution < -0.4 is 10.5 Å². The molecule has 0 spiro atoms. The van der Waals surface area contributed by atoms with Crippen LogP contribution in [0.5, 0.6) is 5.75 Å². The summed E-state index contributed by atoms with van der Waals surface area (Å²) in [6, 6.07) is 14.0. The molecule has 1 fully saturated rings. The molecule has 1 aliphatic carbocycles. The van der Waals surface area contributed by atoms with Gasteiger partial charge in [0.1, 0.15) is 18.0 Å². The molecule has 3 rings (SSSR count). The van der Waals surface area contributed by atoms with Gasteiger partial charge in [0.25, 0.3) is 0 Å². The predicted octanol–water partition coefficient (Wildman–Crippen LogP) is 2.07. The smallest absolute Gasteiger partial charge is 0.126 e. The Hall–Kier alpha value is -1.58. The first kappa shape index (κ1) is 11.5. The van der Waals surface area contributed by atoms with Gasteiger partial charge in [0.15, 0.2) is 0 Å². The Bertz CT molecular complexity index is 555. The topological polar surface area (TPSA) is 55.5 Å². The Morgan fingerprint density at radius 3 is 2.56 bits per heavy atom. The lowest BCUT2D eigenvalue weighted by molar-refractivity contribution is 0.0522. The van der Waals surface area contributed by atoms with E-state index in [-0.39, 0.29) is 12.1 Å². The van der Waals surface area contributed by atoms with Crippen LogP contribution in [0.15, 0.2) is 42.5 Å². The van der Waals surface area contributed by atoms with E-state index in [1.807, 2.05) is 30.3 Å². The molecule has 3 heteroatoms. The molecular formula is C15H17NO2. The fraction of sp³-hybridized carbons (Fsp3) is 0.333. The van der Waals surface area contributed by atoms with Gasteiger partial charge in [-0.25, -0.2) is 0 Å². The van der Waals surface area contributed by atoms with Gasteiger partial charge in [-0.1, -0.05) is 30.3 Å². The molecule has 0 heterocycles. The number of hydrogen-bond acceptors (Lipinski definition) is 3. The highest BCUT2D eigenvalue weighted by molar-refractivity contribution is 5.83. The first-order chi connectivity index (χ1) is 8.74. The fourth-order valence-corrected chi connectivity index (χ4v) is 2.52. The highest BCUT2D eigenvalue weighted by atomic mass is 16.5. The number of aliphatic hydroxyl groups excluding tert-OH is 1. The Morgan fingerprint density at radius 2 is 1.83 bits per heavy atom. The summed E-state index contributed by atoms with van der Waals surface area (Å²) in [6.45, 7) is 0. The lowest BCUT2D eigenvalue weighted by Crippen LogP contribution is -2.37. The van der Waals surface area contributed by atoms with Crippen molar-refractivity contribution in [2.45, 2.75) is 31.1 Å². The normalized spacial score (nSPS) is 27.6. The third-order valence-electron chi connectivity index (χ3n) is 3.61. The molecule has 3 atom stereocenters. The van der Waals surface area contributed by atoms with Crippen LogP contribution in [0.1, 0.15) is 12.8 Å². The van der Waals surface area contributed by atoms with Gasteiger partial charge in [-0.15, -0.1) is 0 Å². The molecule has 3 N–H and O–H groups in total. The number of rotatable bonds is 2. The van der Waals surface area contributed by atoms with Crippen molar-refractivity contribution in [2.75, 3.05) is 0 Å². The molecule has 0 saturated heterocycles. The molecule has 0 bridgehead atoms. The summed E-state index contributed by atoms with van der Waals surface area (Å²) in [6.07, 6.45) is 0.895. The van der Waals surface area contributed by atoms with Crippen LogP contribution in [0.2, 0.25) is 0 Å². The third-order valence-corrected chi connectivity index (χ3v) is 3.61. The summed E-state index contributed by atoms with van der Waals surface area (Å²) in [5.41, 5.74) is 5.78. The molecule has 0 aromatic heterocycles. The van der Waals surface area contributed by atoms with Crippen molar-refractivity contribution in [1.29, 1.82) is 0 Å². The van der Waals surface area contributed by atoms with Crippen molar-refractivity contribution in [3.63, 3.8) is 0 Å². The number of nitrogens with two attached hydrogens (primary N) is 1. The molecule has 18 heavy (non-hydrogen) atoms. The van der Waals surface area contributed by atoms with Crippen molar-refractivity contribution < 1.29 is 9.84 Å². The fourth-order valence-electron chi connectivity index (χ4n) is 2.52. The zero-order valence-corrected chi connectivity index (χ0v) is 10.1. The second kappa shape index (κ2) is 4.59. The summed E-state index contributed by atoms with van der Waals surface area (Å²) in [4.78, 5) is 0. The number of hydrogen-bond donors (Lipinski definition) is 2. The molecular weight excluding hydrogens is 226 g/mol. The van der Waals surface area contributed by atoms with Crippen LogP contribution in [-0.4, -0.2) is 23.4 Å². The molecule has 3 unspecified atom stereocenters. The van der Waals surface area contributed by atoms with Gasteiger partial charge in [-0.2, -0.15) is 0 Å². The maximum absolute atomic E-state index is 9.88. The third kappa shape index (κ3) is 2.07. The second-order valence-corrected chi connectivity index (χ2v) is 4.90. The van der Waals surface area contributed by atoms with E-state index in [4.69, 9.17) is 10.5 Å². The van der Waals surface area contributed by atoms with Gasteiger partial charge in [0.05, 0.1) is 0 Å². The van der Waals surface area contributed by atoms with Gasteiger partial charge in [-0.3, -0.25) is 0 Å². The Labute approximate surface area is 106 Å². The SMILES string of the molecule is NC1CCC(Oc2ccc3ccccc3c2)C1O. The molecule has 0 amide bonds. The Kier molecular flexibility index (Phi) is 2.94. The number of benzene rings is 2. The van der Waals surface area contributed by atoms with Gasteiger partial charge in [0.2, 0.25) is 0 Å². The Morgan fingerprint density at radius 1 is 1.06 bits per heavy atom. The highest BCUT2D eigenvalue weighted by Crippen LogP contribution is 2.26. The van der Waals surface area contributed by atoms with Crippen LogP contribution in [-0.2, 0) is 0 Å². The molecule has 1 aliphatic rings. The minimum absolute atomic E-state index is 0.157. The monoisotopic (exact) mass is 243 g/mol. The maximum Gasteiger partial charge on any atom is 0.126 e. The van der Waals surface area contributed by atoms with Gasteiger partial charge in [-0.05, 0) is 35.7 Å². The first-order valence-corrected chi connectivity index (χ1v) is 6.33. The average molecular weight is 243 g/mol. The van der Waals surface area contributed by atoms with Crippen molar-refractivity contribution in [1.82, 2.24) is 0 Å². The minimum atomic E-state index is -0.559. The summed E-state index contributed by atoms with van der Waals surface area (Å²) in [7, 11) is 0. The molecule has 0 aliphatic heterocycles. The summed E-state index contributed by atoms with van der Waals surface area (Å²) < 4.78 is 5.84. The van der Waals surface area contributed by atoms with Crippen LogP contribution in [0.3, 0.4) is 0 Å². The van der Waals surface area contributed by atoms with E-state index in [9.17, 15) is 5.11 Å². The standard InChI is InChI=1S/C15H17NO2/c16-13-7-8-14(15(13)17)18-12-6-5-10-3-1-2-4-11(10)9-12/h1-6,9,13-15,17H,7-8,16H2. The Balaban J connectivity index is 1.82. The minimum Gasteiger partial charge on any atom is -0.488 e. The van der Waals surface area contributed by atoms with E-state index < -0.39 is 6.10 Å². The molecule has 3 nitrogen and oxygen atoms in total. The quantitative estimate of drug-likeness (QED) is 0.849. The summed E-state index contributed by atoms with van der Waals surface area (Å²) >= 11 is 0. The molecule has 2 aromatic rings. The van der Waals surface area contributed by atoms with E-state index in [1.165, 1.54) is 5.39 Å².